The molecule has 2 aliphatic carbocycles. The van der Waals surface area contributed by atoms with Gasteiger partial charge < -0.3 is 10.2 Å². The Kier molecular flexibility index (Phi) is 4.99. The van der Waals surface area contributed by atoms with Crippen molar-refractivity contribution in [2.75, 3.05) is 13.1 Å². The van der Waals surface area contributed by atoms with Gasteiger partial charge in [-0.1, -0.05) is 38.5 Å². The lowest BCUT2D eigenvalue weighted by Crippen LogP contribution is -2.50. The van der Waals surface area contributed by atoms with E-state index in [1.807, 2.05) is 0 Å². The molecular weight excluding hydrogens is 260 g/mol. The lowest BCUT2D eigenvalue weighted by molar-refractivity contribution is -0.133. The molecule has 21 heavy (non-hydrogen) atoms. The van der Waals surface area contributed by atoms with Crippen LogP contribution in [-0.4, -0.2) is 36.0 Å². The Morgan fingerprint density at radius 3 is 1.76 bits per heavy atom. The van der Waals surface area contributed by atoms with Gasteiger partial charge in [-0.2, -0.15) is 0 Å². The number of nitrogens with one attached hydrogen (secondary N) is 1. The van der Waals surface area contributed by atoms with Crippen molar-refractivity contribution < 1.29 is 4.79 Å². The molecule has 0 unspecified atom stereocenters. The summed E-state index contributed by atoms with van der Waals surface area (Å²) >= 11 is 0. The molecule has 0 bridgehead atoms. The van der Waals surface area contributed by atoms with Crippen molar-refractivity contribution >= 4 is 5.91 Å². The number of carbonyl (C=O) groups is 1. The molecule has 1 heterocycles. The van der Waals surface area contributed by atoms with Crippen LogP contribution in [0, 0.1) is 0 Å². The standard InChI is InChI=1S/C18H30N2O/c1-14(15-12-19-13-15)18(21)20(16-8-4-2-5-9-16)17-10-6-3-7-11-17/h16-17,19H,2-13H2,1H3. The Bertz CT molecular complexity index is 379. The van der Waals surface area contributed by atoms with Crippen LogP contribution in [0.3, 0.4) is 0 Å². The topological polar surface area (TPSA) is 32.3 Å². The van der Waals surface area contributed by atoms with E-state index in [0.29, 0.717) is 18.0 Å². The van der Waals surface area contributed by atoms with Gasteiger partial charge in [0, 0.05) is 30.7 Å². The quantitative estimate of drug-likeness (QED) is 0.808. The van der Waals surface area contributed by atoms with Crippen molar-refractivity contribution in [3.63, 3.8) is 0 Å². The molecule has 3 nitrogen and oxygen atoms in total. The Hall–Kier alpha value is -0.830. The fourth-order valence-corrected chi connectivity index (χ4v) is 4.21. The van der Waals surface area contributed by atoms with E-state index in [9.17, 15) is 4.79 Å². The zero-order chi connectivity index (χ0) is 14.7. The van der Waals surface area contributed by atoms with Crippen LogP contribution in [0.5, 0.6) is 0 Å². The van der Waals surface area contributed by atoms with Crippen LogP contribution in [0.2, 0.25) is 0 Å². The average molecular weight is 290 g/mol. The predicted octanol–water partition coefficient (Wildman–Crippen LogP) is 3.40. The Morgan fingerprint density at radius 2 is 1.38 bits per heavy atom. The predicted molar refractivity (Wildman–Crippen MR) is 86.2 cm³/mol. The van der Waals surface area contributed by atoms with Gasteiger partial charge >= 0.3 is 0 Å². The van der Waals surface area contributed by atoms with Crippen molar-refractivity contribution in [1.82, 2.24) is 10.2 Å². The highest BCUT2D eigenvalue weighted by Crippen LogP contribution is 2.31. The summed E-state index contributed by atoms with van der Waals surface area (Å²) in [6, 6.07) is 1.02. The molecule has 118 valence electrons. The number of amides is 1. The molecule has 1 N–H and O–H groups in total. The molecule has 0 aromatic rings. The Labute approximate surface area is 129 Å². The number of rotatable bonds is 3. The minimum atomic E-state index is 0.352. The third-order valence-corrected chi connectivity index (χ3v) is 5.70. The van der Waals surface area contributed by atoms with Gasteiger partial charge in [-0.15, -0.1) is 0 Å². The zero-order valence-electron chi connectivity index (χ0n) is 13.5. The van der Waals surface area contributed by atoms with E-state index in [1.165, 1.54) is 69.8 Å². The summed E-state index contributed by atoms with van der Waals surface area (Å²) in [4.78, 5) is 15.4. The molecule has 1 amide bonds. The molecule has 3 fully saturated rings. The van der Waals surface area contributed by atoms with Crippen LogP contribution in [0.25, 0.3) is 0 Å². The molecule has 0 aromatic carbocycles. The Morgan fingerprint density at radius 1 is 0.905 bits per heavy atom. The highest BCUT2D eigenvalue weighted by molar-refractivity contribution is 5.94. The van der Waals surface area contributed by atoms with Crippen molar-refractivity contribution in [1.29, 1.82) is 0 Å². The van der Waals surface area contributed by atoms with E-state index in [1.54, 1.807) is 0 Å². The van der Waals surface area contributed by atoms with Crippen LogP contribution in [-0.2, 0) is 4.79 Å². The number of hydrogen-bond donors (Lipinski definition) is 1. The van der Waals surface area contributed by atoms with E-state index in [2.05, 4.69) is 17.1 Å². The minimum absolute atomic E-state index is 0.352. The maximum absolute atomic E-state index is 13.1. The first kappa shape index (κ1) is 15.1. The van der Waals surface area contributed by atoms with Crippen molar-refractivity contribution in [2.45, 2.75) is 83.2 Å². The van der Waals surface area contributed by atoms with Gasteiger partial charge in [0.1, 0.15) is 0 Å². The second-order valence-corrected chi connectivity index (χ2v) is 7.13. The van der Waals surface area contributed by atoms with E-state index in [-0.39, 0.29) is 0 Å². The number of hydrogen-bond acceptors (Lipinski definition) is 2. The summed E-state index contributed by atoms with van der Waals surface area (Å²) in [5.41, 5.74) is 2.36. The van der Waals surface area contributed by atoms with Crippen LogP contribution in [0.4, 0.5) is 0 Å². The first-order chi connectivity index (χ1) is 10.3. The number of nitrogens with zero attached hydrogens (tertiary/aromatic N) is 1. The summed E-state index contributed by atoms with van der Waals surface area (Å²) in [6.07, 6.45) is 12.8. The SMILES string of the molecule is CC(C(=O)N(C1CCCCC1)C1CCCCC1)=C1CNC1. The maximum Gasteiger partial charge on any atom is 0.250 e. The van der Waals surface area contributed by atoms with Gasteiger partial charge in [0.2, 0.25) is 5.91 Å². The maximum atomic E-state index is 13.1. The lowest BCUT2D eigenvalue weighted by Gasteiger charge is -2.42. The second kappa shape index (κ2) is 6.95. The van der Waals surface area contributed by atoms with E-state index in [0.717, 1.165) is 18.7 Å². The summed E-state index contributed by atoms with van der Waals surface area (Å²) in [6.45, 7) is 3.89. The highest BCUT2D eigenvalue weighted by Gasteiger charge is 2.33. The molecule has 0 atom stereocenters. The summed E-state index contributed by atoms with van der Waals surface area (Å²) in [5.74, 6) is 0.352. The van der Waals surface area contributed by atoms with Gasteiger partial charge in [-0.3, -0.25) is 4.79 Å². The van der Waals surface area contributed by atoms with E-state index >= 15 is 0 Å². The molecular formula is C18H30N2O. The third-order valence-electron chi connectivity index (χ3n) is 5.70. The smallest absolute Gasteiger partial charge is 0.250 e. The van der Waals surface area contributed by atoms with Gasteiger partial charge in [0.25, 0.3) is 0 Å². The fraction of sp³-hybridized carbons (Fsp3) is 0.833. The van der Waals surface area contributed by atoms with Crippen molar-refractivity contribution in [2.24, 2.45) is 0 Å². The van der Waals surface area contributed by atoms with Gasteiger partial charge in [0.15, 0.2) is 0 Å². The Balaban J connectivity index is 1.78. The van der Waals surface area contributed by atoms with Crippen LogP contribution < -0.4 is 5.32 Å². The summed E-state index contributed by atoms with van der Waals surface area (Å²) < 4.78 is 0. The lowest BCUT2D eigenvalue weighted by atomic mass is 9.87. The van der Waals surface area contributed by atoms with Crippen LogP contribution >= 0.6 is 0 Å². The molecule has 0 radical (unpaired) electrons. The summed E-state index contributed by atoms with van der Waals surface area (Å²) in [7, 11) is 0. The monoisotopic (exact) mass is 290 g/mol. The number of carbonyl (C=O) groups excluding carboxylic acids is 1. The average Bonchev–Trinajstić information content (AvgIpc) is 2.48. The van der Waals surface area contributed by atoms with Crippen LogP contribution in [0.1, 0.15) is 71.1 Å². The van der Waals surface area contributed by atoms with Gasteiger partial charge in [-0.25, -0.2) is 0 Å². The molecule has 3 rings (SSSR count). The van der Waals surface area contributed by atoms with E-state index < -0.39 is 0 Å². The molecule has 0 aromatic heterocycles. The molecule has 3 aliphatic rings. The van der Waals surface area contributed by atoms with E-state index in [4.69, 9.17) is 0 Å². The van der Waals surface area contributed by atoms with Crippen molar-refractivity contribution in [3.05, 3.63) is 11.1 Å². The van der Waals surface area contributed by atoms with Gasteiger partial charge in [-0.05, 0) is 38.2 Å². The fourth-order valence-electron chi connectivity index (χ4n) is 4.21. The minimum Gasteiger partial charge on any atom is -0.333 e. The highest BCUT2D eigenvalue weighted by atomic mass is 16.2. The first-order valence-electron chi connectivity index (χ1n) is 8.99. The molecule has 1 aliphatic heterocycles. The molecule has 2 saturated carbocycles. The molecule has 3 heteroatoms. The normalized spacial score (nSPS) is 24.5. The molecule has 1 saturated heterocycles. The van der Waals surface area contributed by atoms with Gasteiger partial charge in [0.05, 0.1) is 0 Å². The molecule has 0 spiro atoms. The largest absolute Gasteiger partial charge is 0.333 e. The van der Waals surface area contributed by atoms with Crippen molar-refractivity contribution in [3.8, 4) is 0 Å². The second-order valence-electron chi connectivity index (χ2n) is 7.13. The van der Waals surface area contributed by atoms with Crippen LogP contribution in [0.15, 0.2) is 11.1 Å². The first-order valence-corrected chi connectivity index (χ1v) is 8.99. The zero-order valence-corrected chi connectivity index (χ0v) is 13.5. The summed E-state index contributed by atoms with van der Waals surface area (Å²) in [5, 5.41) is 3.27. The third kappa shape index (κ3) is 3.33.